The van der Waals surface area contributed by atoms with Crippen LogP contribution in [0.2, 0.25) is 0 Å². The molecular weight excluding hydrogens is 342 g/mol. The summed E-state index contributed by atoms with van der Waals surface area (Å²) in [5.74, 6) is -0.910. The summed E-state index contributed by atoms with van der Waals surface area (Å²) in [6.07, 6.45) is 1.64. The summed E-state index contributed by atoms with van der Waals surface area (Å²) < 4.78 is 28.8. The second-order valence-electron chi connectivity index (χ2n) is 6.38. The summed E-state index contributed by atoms with van der Waals surface area (Å²) in [5, 5.41) is 13.3. The average molecular weight is 363 g/mol. The van der Waals surface area contributed by atoms with Crippen molar-refractivity contribution >= 4 is 16.0 Å². The molecule has 0 aliphatic carbocycles. The van der Waals surface area contributed by atoms with E-state index in [1.807, 2.05) is 0 Å². The van der Waals surface area contributed by atoms with Crippen molar-refractivity contribution in [3.8, 4) is 0 Å². The number of sulfonamides is 1. The van der Waals surface area contributed by atoms with E-state index >= 15 is 0 Å². The predicted molar refractivity (Wildman–Crippen MR) is 92.1 cm³/mol. The average Bonchev–Trinajstić information content (AvgIpc) is 2.94. The summed E-state index contributed by atoms with van der Waals surface area (Å²) in [4.78, 5) is 11.0. The van der Waals surface area contributed by atoms with Crippen LogP contribution in [0.15, 0.2) is 35.4 Å². The van der Waals surface area contributed by atoms with Crippen molar-refractivity contribution in [1.82, 2.24) is 14.1 Å². The molecule has 3 rings (SSSR count). The van der Waals surface area contributed by atoms with Gasteiger partial charge in [-0.15, -0.1) is 0 Å². The van der Waals surface area contributed by atoms with Crippen LogP contribution >= 0.6 is 0 Å². The van der Waals surface area contributed by atoms with E-state index in [1.165, 1.54) is 8.99 Å². The van der Waals surface area contributed by atoms with E-state index in [9.17, 15) is 13.2 Å². The van der Waals surface area contributed by atoms with Gasteiger partial charge in [0.05, 0.1) is 11.3 Å². The third-order valence-electron chi connectivity index (χ3n) is 4.58. The maximum absolute atomic E-state index is 12.9. The van der Waals surface area contributed by atoms with Crippen LogP contribution in [0, 0.1) is 6.92 Å². The first kappa shape index (κ1) is 17.6. The molecule has 1 aromatic heterocycles. The first-order valence-electron chi connectivity index (χ1n) is 8.13. The number of piperidine rings is 1. The Balaban J connectivity index is 1.83. The van der Waals surface area contributed by atoms with Crippen LogP contribution in [0.5, 0.6) is 0 Å². The molecule has 1 atom stereocenters. The van der Waals surface area contributed by atoms with Crippen molar-refractivity contribution < 1.29 is 18.3 Å². The Labute approximate surface area is 146 Å². The molecule has 7 nitrogen and oxygen atoms in total. The van der Waals surface area contributed by atoms with E-state index in [1.54, 1.807) is 44.3 Å². The van der Waals surface area contributed by atoms with E-state index < -0.39 is 16.0 Å². The van der Waals surface area contributed by atoms with Gasteiger partial charge in [0, 0.05) is 20.1 Å². The zero-order chi connectivity index (χ0) is 18.2. The molecule has 2 heterocycles. The van der Waals surface area contributed by atoms with Gasteiger partial charge < -0.3 is 5.11 Å². The maximum atomic E-state index is 12.9. The highest BCUT2D eigenvalue weighted by Gasteiger charge is 2.33. The minimum absolute atomic E-state index is 0.0562. The first-order valence-corrected chi connectivity index (χ1v) is 9.57. The molecule has 1 aliphatic heterocycles. The molecule has 0 unspecified atom stereocenters. The molecule has 0 amide bonds. The topological polar surface area (TPSA) is 92.5 Å². The van der Waals surface area contributed by atoms with E-state index in [-0.39, 0.29) is 16.5 Å². The standard InChI is InChI=1S/C17H21N3O4S/c1-12-10-16(19(2)18-12)25(23,24)20-9-3-4-15(11-20)13-5-7-14(8-6-13)17(21)22/h5-8,10,15H,3-4,9,11H2,1-2H3,(H,21,22)/t15-/m1/s1. The molecule has 0 radical (unpaired) electrons. The van der Waals surface area contributed by atoms with E-state index in [0.29, 0.717) is 18.8 Å². The van der Waals surface area contributed by atoms with Crippen LogP contribution in [0.4, 0.5) is 0 Å². The highest BCUT2D eigenvalue weighted by atomic mass is 32.2. The minimum Gasteiger partial charge on any atom is -0.478 e. The molecule has 25 heavy (non-hydrogen) atoms. The van der Waals surface area contributed by atoms with Crippen LogP contribution < -0.4 is 0 Å². The molecule has 1 aliphatic rings. The second-order valence-corrected chi connectivity index (χ2v) is 8.26. The Morgan fingerprint density at radius 2 is 1.96 bits per heavy atom. The van der Waals surface area contributed by atoms with E-state index in [4.69, 9.17) is 5.11 Å². The van der Waals surface area contributed by atoms with Gasteiger partial charge in [-0.1, -0.05) is 12.1 Å². The highest BCUT2D eigenvalue weighted by Crippen LogP contribution is 2.30. The summed E-state index contributed by atoms with van der Waals surface area (Å²) in [7, 11) is -1.96. The Kier molecular flexibility index (Phi) is 4.66. The van der Waals surface area contributed by atoms with Crippen molar-refractivity contribution in [2.75, 3.05) is 13.1 Å². The number of hydrogen-bond donors (Lipinski definition) is 1. The molecule has 1 aromatic carbocycles. The van der Waals surface area contributed by atoms with Crippen molar-refractivity contribution in [2.24, 2.45) is 7.05 Å². The Morgan fingerprint density at radius 3 is 2.52 bits per heavy atom. The number of benzene rings is 1. The first-order chi connectivity index (χ1) is 11.8. The second kappa shape index (κ2) is 6.61. The van der Waals surface area contributed by atoms with Crippen molar-refractivity contribution in [3.63, 3.8) is 0 Å². The van der Waals surface area contributed by atoms with Crippen molar-refractivity contribution in [3.05, 3.63) is 47.2 Å². The lowest BCUT2D eigenvalue weighted by Gasteiger charge is -2.32. The number of nitrogens with zero attached hydrogens (tertiary/aromatic N) is 3. The minimum atomic E-state index is -3.59. The smallest absolute Gasteiger partial charge is 0.335 e. The zero-order valence-corrected chi connectivity index (χ0v) is 15.0. The Hall–Kier alpha value is -2.19. The third-order valence-corrected chi connectivity index (χ3v) is 6.50. The van der Waals surface area contributed by atoms with Gasteiger partial charge in [-0.3, -0.25) is 4.68 Å². The van der Waals surface area contributed by atoms with Gasteiger partial charge in [0.25, 0.3) is 10.0 Å². The third kappa shape index (κ3) is 3.45. The lowest BCUT2D eigenvalue weighted by Crippen LogP contribution is -2.39. The van der Waals surface area contributed by atoms with Crippen LogP contribution in [0.3, 0.4) is 0 Å². The summed E-state index contributed by atoms with van der Waals surface area (Å²) in [6, 6.07) is 8.27. The number of aromatic nitrogens is 2. The number of carbonyl (C=O) groups is 1. The monoisotopic (exact) mass is 363 g/mol. The fraction of sp³-hybridized carbons (Fsp3) is 0.412. The number of aryl methyl sites for hydroxylation is 2. The van der Waals surface area contributed by atoms with Crippen LogP contribution in [-0.4, -0.2) is 46.7 Å². The Bertz CT molecular complexity index is 887. The number of hydrogen-bond acceptors (Lipinski definition) is 4. The van der Waals surface area contributed by atoms with Gasteiger partial charge in [0.15, 0.2) is 5.03 Å². The van der Waals surface area contributed by atoms with Gasteiger partial charge in [-0.2, -0.15) is 9.40 Å². The van der Waals surface area contributed by atoms with Crippen LogP contribution in [-0.2, 0) is 17.1 Å². The fourth-order valence-electron chi connectivity index (χ4n) is 3.29. The number of carboxylic acids is 1. The lowest BCUT2D eigenvalue weighted by atomic mass is 9.91. The predicted octanol–water partition coefficient (Wildman–Crippen LogP) is 2.00. The van der Waals surface area contributed by atoms with Crippen molar-refractivity contribution in [2.45, 2.75) is 30.7 Å². The fourth-order valence-corrected chi connectivity index (χ4v) is 5.00. The summed E-state index contributed by atoms with van der Waals surface area (Å²) >= 11 is 0. The highest BCUT2D eigenvalue weighted by molar-refractivity contribution is 7.89. The Morgan fingerprint density at radius 1 is 1.28 bits per heavy atom. The normalized spacial score (nSPS) is 19.0. The molecule has 2 aromatic rings. The zero-order valence-electron chi connectivity index (χ0n) is 14.2. The summed E-state index contributed by atoms with van der Waals surface area (Å²) in [5.41, 5.74) is 1.86. The molecule has 0 spiro atoms. The molecule has 0 bridgehead atoms. The molecule has 1 saturated heterocycles. The van der Waals surface area contributed by atoms with Crippen LogP contribution in [0.1, 0.15) is 40.4 Å². The molecule has 0 saturated carbocycles. The van der Waals surface area contributed by atoms with Gasteiger partial charge in [-0.05, 0) is 49.4 Å². The van der Waals surface area contributed by atoms with Crippen molar-refractivity contribution in [1.29, 1.82) is 0 Å². The van der Waals surface area contributed by atoms with Gasteiger partial charge in [0.1, 0.15) is 0 Å². The molecule has 8 heteroatoms. The van der Waals surface area contributed by atoms with E-state index in [2.05, 4.69) is 5.10 Å². The van der Waals surface area contributed by atoms with Gasteiger partial charge in [0.2, 0.25) is 0 Å². The SMILES string of the molecule is Cc1cc(S(=O)(=O)N2CCC[C@@H](c3ccc(C(=O)O)cc3)C2)n(C)n1. The van der Waals surface area contributed by atoms with Gasteiger partial charge in [-0.25, -0.2) is 13.2 Å². The molecule has 1 N–H and O–H groups in total. The summed E-state index contributed by atoms with van der Waals surface area (Å²) in [6.45, 7) is 2.64. The largest absolute Gasteiger partial charge is 0.478 e. The molecule has 134 valence electrons. The quantitative estimate of drug-likeness (QED) is 0.897. The number of rotatable bonds is 4. The number of carboxylic acid groups (broad SMARTS) is 1. The van der Waals surface area contributed by atoms with Gasteiger partial charge >= 0.3 is 5.97 Å². The molecule has 1 fully saturated rings. The lowest BCUT2D eigenvalue weighted by molar-refractivity contribution is 0.0697. The molecular formula is C17H21N3O4S. The number of aromatic carboxylic acids is 1. The van der Waals surface area contributed by atoms with Crippen LogP contribution in [0.25, 0.3) is 0 Å². The maximum Gasteiger partial charge on any atom is 0.335 e. The van der Waals surface area contributed by atoms with E-state index in [0.717, 1.165) is 18.4 Å².